The third-order valence-electron chi connectivity index (χ3n) is 5.11. The number of nitrogens with two attached hydrogens (primary N) is 1. The zero-order valence-corrected chi connectivity index (χ0v) is 19.7. The number of carbonyl (C=O) groups excluding carboxylic acids is 1. The number of rotatable bonds is 8. The lowest BCUT2D eigenvalue weighted by molar-refractivity contribution is -0.117. The second-order valence-corrected chi connectivity index (χ2v) is 8.70. The van der Waals surface area contributed by atoms with Crippen molar-refractivity contribution in [2.75, 3.05) is 29.0 Å². The average Bonchev–Trinajstić information content (AvgIpc) is 3.17. The number of carbonyl (C=O) groups is 1. The number of hydrogen-bond acceptors (Lipinski definition) is 7. The highest BCUT2D eigenvalue weighted by Gasteiger charge is 2.22. The molecule has 3 aromatic rings. The van der Waals surface area contributed by atoms with E-state index in [0.29, 0.717) is 47.0 Å². The molecule has 3 N–H and O–H groups in total. The van der Waals surface area contributed by atoms with Crippen molar-refractivity contribution in [3.63, 3.8) is 0 Å². The number of aryl methyl sites for hydroxylation is 1. The Labute approximate surface area is 202 Å². The van der Waals surface area contributed by atoms with E-state index in [1.54, 1.807) is 11.0 Å². The van der Waals surface area contributed by atoms with Gasteiger partial charge in [-0.2, -0.15) is 15.0 Å². The summed E-state index contributed by atoms with van der Waals surface area (Å²) in [7, 11) is 0. The first-order chi connectivity index (χ1) is 15.9. The van der Waals surface area contributed by atoms with Crippen LogP contribution in [0.3, 0.4) is 0 Å². The van der Waals surface area contributed by atoms with Crippen molar-refractivity contribution >= 4 is 46.7 Å². The highest BCUT2D eigenvalue weighted by molar-refractivity contribution is 6.34. The molecule has 1 fully saturated rings. The van der Waals surface area contributed by atoms with Gasteiger partial charge in [0.05, 0.1) is 0 Å². The lowest BCUT2D eigenvalue weighted by atomic mass is 10.1. The van der Waals surface area contributed by atoms with E-state index in [1.165, 1.54) is 0 Å². The molecule has 0 aliphatic carbocycles. The topological polar surface area (TPSA) is 106 Å². The molecule has 1 aliphatic heterocycles. The Morgan fingerprint density at radius 2 is 1.88 bits per heavy atom. The number of nitrogen functional groups attached to an aromatic ring is 1. The summed E-state index contributed by atoms with van der Waals surface area (Å²) < 4.78 is 5.92. The Bertz CT molecular complexity index is 1150. The molecule has 0 radical (unpaired) electrons. The molecule has 4 rings (SSSR count). The second-order valence-electron chi connectivity index (χ2n) is 7.83. The maximum absolute atomic E-state index is 12.1. The molecule has 0 bridgehead atoms. The van der Waals surface area contributed by atoms with Crippen LogP contribution >= 0.6 is 23.2 Å². The zero-order valence-electron chi connectivity index (χ0n) is 18.1. The van der Waals surface area contributed by atoms with Gasteiger partial charge >= 0.3 is 0 Å². The third kappa shape index (κ3) is 6.24. The van der Waals surface area contributed by atoms with Crippen LogP contribution in [0.4, 0.5) is 17.6 Å². The van der Waals surface area contributed by atoms with Gasteiger partial charge in [0.1, 0.15) is 12.4 Å². The summed E-state index contributed by atoms with van der Waals surface area (Å²) in [6.07, 6.45) is 2.13. The fourth-order valence-corrected chi connectivity index (χ4v) is 4.26. The molecule has 2 aromatic carbocycles. The van der Waals surface area contributed by atoms with E-state index in [4.69, 9.17) is 33.7 Å². The van der Waals surface area contributed by atoms with Gasteiger partial charge in [-0.1, -0.05) is 23.2 Å². The fraction of sp³-hybridized carbons (Fsp3) is 0.304. The summed E-state index contributed by atoms with van der Waals surface area (Å²) in [4.78, 5) is 26.6. The summed E-state index contributed by atoms with van der Waals surface area (Å²) in [6.45, 7) is 3.36. The summed E-state index contributed by atoms with van der Waals surface area (Å²) in [5.74, 6) is 1.63. The average molecular weight is 487 g/mol. The highest BCUT2D eigenvalue weighted by atomic mass is 35.5. The molecule has 8 nitrogen and oxygen atoms in total. The van der Waals surface area contributed by atoms with E-state index in [2.05, 4.69) is 20.3 Å². The molecule has 1 aromatic heterocycles. The molecule has 33 heavy (non-hydrogen) atoms. The summed E-state index contributed by atoms with van der Waals surface area (Å²) >= 11 is 12.1. The number of ether oxygens (including phenoxy) is 1. The quantitative estimate of drug-likeness (QED) is 0.484. The number of amides is 1. The Morgan fingerprint density at radius 1 is 1.09 bits per heavy atom. The summed E-state index contributed by atoms with van der Waals surface area (Å²) in [5.41, 5.74) is 8.70. The van der Waals surface area contributed by atoms with Crippen LogP contribution in [0.15, 0.2) is 36.4 Å². The van der Waals surface area contributed by atoms with Crippen LogP contribution in [-0.4, -0.2) is 33.9 Å². The van der Waals surface area contributed by atoms with Gasteiger partial charge in [0, 0.05) is 41.3 Å². The summed E-state index contributed by atoms with van der Waals surface area (Å²) in [6, 6.07) is 11.2. The Morgan fingerprint density at radius 3 is 2.61 bits per heavy atom. The predicted octanol–water partition coefficient (Wildman–Crippen LogP) is 4.43. The molecular formula is C23H24Cl2N6O2. The number of aromatic nitrogens is 3. The lowest BCUT2D eigenvalue weighted by Crippen LogP contribution is -2.23. The molecule has 0 unspecified atom stereocenters. The standard InChI is InChI=1S/C23H24Cl2N6O2/c1-14-7-18(31-6-2-3-21(31)32)12-19(8-14)33-13-20-28-22(26)30-23(29-20)27-5-4-15-9-16(24)11-17(25)10-15/h7-12H,2-6,13H2,1H3,(H3,26,27,28,29,30). The molecule has 2 heterocycles. The number of benzene rings is 2. The smallest absolute Gasteiger partial charge is 0.227 e. The number of anilines is 3. The molecule has 10 heteroatoms. The molecule has 172 valence electrons. The molecular weight excluding hydrogens is 463 g/mol. The number of halogens is 2. The van der Waals surface area contributed by atoms with Crippen molar-refractivity contribution in [1.82, 2.24) is 15.0 Å². The third-order valence-corrected chi connectivity index (χ3v) is 5.54. The van der Waals surface area contributed by atoms with Crippen molar-refractivity contribution in [3.8, 4) is 5.75 Å². The Hall–Kier alpha value is -3.10. The highest BCUT2D eigenvalue weighted by Crippen LogP contribution is 2.28. The second kappa shape index (κ2) is 10.2. The van der Waals surface area contributed by atoms with Gasteiger partial charge in [0.2, 0.25) is 17.8 Å². The van der Waals surface area contributed by atoms with E-state index in [1.807, 2.05) is 37.3 Å². The molecule has 0 saturated carbocycles. The van der Waals surface area contributed by atoms with Crippen LogP contribution in [0.25, 0.3) is 0 Å². The minimum absolute atomic E-state index is 0.101. The van der Waals surface area contributed by atoms with E-state index in [9.17, 15) is 4.79 Å². The van der Waals surface area contributed by atoms with Crippen molar-refractivity contribution in [1.29, 1.82) is 0 Å². The van der Waals surface area contributed by atoms with Gasteiger partial charge < -0.3 is 20.7 Å². The maximum atomic E-state index is 12.1. The van der Waals surface area contributed by atoms with Crippen LogP contribution < -0.4 is 20.7 Å². The van der Waals surface area contributed by atoms with Crippen LogP contribution in [0.5, 0.6) is 5.75 Å². The Kier molecular flexibility index (Phi) is 7.15. The molecule has 1 aliphatic rings. The zero-order chi connectivity index (χ0) is 23.4. The molecule has 1 amide bonds. The van der Waals surface area contributed by atoms with Gasteiger partial charge in [0.25, 0.3) is 0 Å². The van der Waals surface area contributed by atoms with Crippen molar-refractivity contribution in [2.24, 2.45) is 0 Å². The van der Waals surface area contributed by atoms with Crippen molar-refractivity contribution in [2.45, 2.75) is 32.8 Å². The SMILES string of the molecule is Cc1cc(OCc2nc(N)nc(NCCc3cc(Cl)cc(Cl)c3)n2)cc(N2CCCC2=O)c1. The van der Waals surface area contributed by atoms with E-state index in [0.717, 1.165) is 29.8 Å². The first-order valence-corrected chi connectivity index (χ1v) is 11.4. The van der Waals surface area contributed by atoms with E-state index < -0.39 is 0 Å². The minimum Gasteiger partial charge on any atom is -0.486 e. The van der Waals surface area contributed by atoms with Crippen LogP contribution in [0.1, 0.15) is 29.8 Å². The lowest BCUT2D eigenvalue weighted by Gasteiger charge is -2.18. The van der Waals surface area contributed by atoms with E-state index in [-0.39, 0.29) is 18.5 Å². The minimum atomic E-state index is 0.101. The largest absolute Gasteiger partial charge is 0.486 e. The normalized spacial score (nSPS) is 13.4. The number of hydrogen-bond donors (Lipinski definition) is 2. The maximum Gasteiger partial charge on any atom is 0.227 e. The van der Waals surface area contributed by atoms with Crippen LogP contribution in [0, 0.1) is 6.92 Å². The van der Waals surface area contributed by atoms with Crippen molar-refractivity contribution < 1.29 is 9.53 Å². The number of nitrogens with zero attached hydrogens (tertiary/aromatic N) is 4. The van der Waals surface area contributed by atoms with Crippen LogP contribution in [0.2, 0.25) is 10.0 Å². The van der Waals surface area contributed by atoms with Gasteiger partial charge in [0.15, 0.2) is 5.82 Å². The monoisotopic (exact) mass is 486 g/mol. The predicted molar refractivity (Wildman–Crippen MR) is 130 cm³/mol. The van der Waals surface area contributed by atoms with Crippen molar-refractivity contribution in [3.05, 3.63) is 63.4 Å². The molecule has 0 atom stereocenters. The number of nitrogens with one attached hydrogen (secondary N) is 1. The Balaban J connectivity index is 1.39. The fourth-order valence-electron chi connectivity index (χ4n) is 3.69. The van der Waals surface area contributed by atoms with Gasteiger partial charge in [-0.05, 0) is 61.2 Å². The van der Waals surface area contributed by atoms with Gasteiger partial charge in [-0.25, -0.2) is 0 Å². The molecule has 0 spiro atoms. The first-order valence-electron chi connectivity index (χ1n) is 10.6. The van der Waals surface area contributed by atoms with E-state index >= 15 is 0 Å². The first kappa shape index (κ1) is 23.1. The van der Waals surface area contributed by atoms with Crippen LogP contribution in [-0.2, 0) is 17.8 Å². The molecule has 1 saturated heterocycles. The summed E-state index contributed by atoms with van der Waals surface area (Å²) in [5, 5.41) is 4.33. The van der Waals surface area contributed by atoms with Gasteiger partial charge in [-0.15, -0.1) is 0 Å². The van der Waals surface area contributed by atoms with Gasteiger partial charge in [-0.3, -0.25) is 4.79 Å².